The summed E-state index contributed by atoms with van der Waals surface area (Å²) >= 11 is 0. The topological polar surface area (TPSA) is 86.8 Å². The van der Waals surface area contributed by atoms with Gasteiger partial charge in [-0.25, -0.2) is 14.4 Å². The first-order valence-corrected chi connectivity index (χ1v) is 8.83. The molecular weight excluding hydrogens is 347 g/mol. The molecule has 1 aliphatic rings. The number of aromatic nitrogens is 4. The second kappa shape index (κ2) is 7.53. The fourth-order valence-electron chi connectivity index (χ4n) is 3.20. The van der Waals surface area contributed by atoms with E-state index in [-0.39, 0.29) is 17.8 Å². The second-order valence-electron chi connectivity index (χ2n) is 6.48. The van der Waals surface area contributed by atoms with Crippen molar-refractivity contribution < 1.29 is 9.18 Å². The first-order valence-electron chi connectivity index (χ1n) is 8.83. The second-order valence-corrected chi connectivity index (χ2v) is 6.48. The number of anilines is 1. The molecular formula is C19H19FN6O. The molecule has 0 saturated carbocycles. The molecule has 1 atom stereocenters. The van der Waals surface area contributed by atoms with Gasteiger partial charge in [0.25, 0.3) is 5.91 Å². The minimum absolute atomic E-state index is 0.00706. The van der Waals surface area contributed by atoms with Gasteiger partial charge in [0.05, 0.1) is 5.69 Å². The molecule has 7 nitrogen and oxygen atoms in total. The molecule has 138 valence electrons. The number of H-pyrrole nitrogens is 1. The van der Waals surface area contributed by atoms with E-state index in [1.807, 2.05) is 0 Å². The Bertz CT molecular complexity index is 911. The molecule has 0 spiro atoms. The molecule has 3 heterocycles. The predicted octanol–water partition coefficient (Wildman–Crippen LogP) is 2.40. The zero-order chi connectivity index (χ0) is 18.6. The summed E-state index contributed by atoms with van der Waals surface area (Å²) in [4.78, 5) is 23.2. The Hall–Kier alpha value is -3.29. The zero-order valence-electron chi connectivity index (χ0n) is 14.6. The van der Waals surface area contributed by atoms with E-state index >= 15 is 0 Å². The van der Waals surface area contributed by atoms with Crippen LogP contribution in [0.2, 0.25) is 0 Å². The van der Waals surface area contributed by atoms with Crippen molar-refractivity contribution in [1.29, 1.82) is 0 Å². The van der Waals surface area contributed by atoms with E-state index < -0.39 is 0 Å². The van der Waals surface area contributed by atoms with E-state index in [1.165, 1.54) is 12.1 Å². The van der Waals surface area contributed by atoms with Crippen LogP contribution in [-0.4, -0.2) is 45.2 Å². The molecule has 2 N–H and O–H groups in total. The molecule has 1 aromatic carbocycles. The minimum Gasteiger partial charge on any atom is -0.346 e. The lowest BCUT2D eigenvalue weighted by atomic mass is 10.1. The number of carbonyl (C=O) groups excluding carboxylic acids is 1. The molecule has 1 fully saturated rings. The van der Waals surface area contributed by atoms with Gasteiger partial charge in [0, 0.05) is 37.1 Å². The third-order valence-electron chi connectivity index (χ3n) is 4.55. The maximum absolute atomic E-state index is 13.0. The van der Waals surface area contributed by atoms with Crippen LogP contribution >= 0.6 is 0 Å². The number of halogens is 1. The molecule has 2 aromatic heterocycles. The number of piperidine rings is 1. The van der Waals surface area contributed by atoms with Gasteiger partial charge in [-0.1, -0.05) is 0 Å². The van der Waals surface area contributed by atoms with Gasteiger partial charge in [-0.15, -0.1) is 0 Å². The molecule has 8 heteroatoms. The van der Waals surface area contributed by atoms with Crippen molar-refractivity contribution in [3.63, 3.8) is 0 Å². The summed E-state index contributed by atoms with van der Waals surface area (Å²) in [6.07, 6.45) is 5.28. The van der Waals surface area contributed by atoms with Crippen molar-refractivity contribution in [3.8, 4) is 11.3 Å². The number of hydrogen-bond acceptors (Lipinski definition) is 5. The lowest BCUT2D eigenvalue weighted by molar-refractivity contribution is 0.0928. The first kappa shape index (κ1) is 17.1. The number of amides is 1. The van der Waals surface area contributed by atoms with Crippen molar-refractivity contribution in [2.24, 2.45) is 0 Å². The molecule has 0 aliphatic carbocycles. The Labute approximate surface area is 155 Å². The lowest BCUT2D eigenvalue weighted by Crippen LogP contribution is -2.48. The summed E-state index contributed by atoms with van der Waals surface area (Å²) in [6.45, 7) is 1.53. The van der Waals surface area contributed by atoms with Gasteiger partial charge in [0.2, 0.25) is 5.95 Å². The summed E-state index contributed by atoms with van der Waals surface area (Å²) in [5, 5.41) is 9.95. The molecule has 1 unspecified atom stereocenters. The van der Waals surface area contributed by atoms with E-state index in [0.717, 1.165) is 24.9 Å². The van der Waals surface area contributed by atoms with Crippen molar-refractivity contribution in [2.75, 3.05) is 18.0 Å². The fourth-order valence-corrected chi connectivity index (χ4v) is 3.20. The molecule has 4 rings (SSSR count). The molecule has 1 saturated heterocycles. The highest BCUT2D eigenvalue weighted by Gasteiger charge is 2.24. The van der Waals surface area contributed by atoms with Crippen LogP contribution in [0.25, 0.3) is 11.3 Å². The normalized spacial score (nSPS) is 16.9. The fraction of sp³-hybridized carbons (Fsp3) is 0.263. The van der Waals surface area contributed by atoms with E-state index in [4.69, 9.17) is 0 Å². The zero-order valence-corrected chi connectivity index (χ0v) is 14.6. The third kappa shape index (κ3) is 3.94. The van der Waals surface area contributed by atoms with Gasteiger partial charge in [-0.05, 0) is 49.2 Å². The van der Waals surface area contributed by atoms with Crippen LogP contribution in [0, 0.1) is 5.82 Å². The van der Waals surface area contributed by atoms with E-state index in [1.54, 1.807) is 36.7 Å². The van der Waals surface area contributed by atoms with Crippen LogP contribution in [0.1, 0.15) is 23.3 Å². The Morgan fingerprint density at radius 3 is 2.78 bits per heavy atom. The van der Waals surface area contributed by atoms with E-state index in [0.29, 0.717) is 23.9 Å². The summed E-state index contributed by atoms with van der Waals surface area (Å²) in [5.74, 6) is 0.157. The van der Waals surface area contributed by atoms with Crippen molar-refractivity contribution in [3.05, 3.63) is 60.3 Å². The van der Waals surface area contributed by atoms with Gasteiger partial charge < -0.3 is 10.2 Å². The van der Waals surface area contributed by atoms with Gasteiger partial charge in [0.15, 0.2) is 0 Å². The van der Waals surface area contributed by atoms with Gasteiger partial charge in [-0.3, -0.25) is 9.89 Å². The molecule has 27 heavy (non-hydrogen) atoms. The minimum atomic E-state index is -0.309. The number of nitrogens with one attached hydrogen (secondary N) is 2. The Balaban J connectivity index is 1.41. The highest BCUT2D eigenvalue weighted by Crippen LogP contribution is 2.19. The smallest absolute Gasteiger partial charge is 0.269 e. The van der Waals surface area contributed by atoms with Crippen LogP contribution < -0.4 is 10.2 Å². The SMILES string of the molecule is O=C(NC1CCCN(c2ncccn2)C1)c1cc(-c2ccc(F)cc2)n[nH]1. The van der Waals surface area contributed by atoms with E-state index in [9.17, 15) is 9.18 Å². The molecule has 1 amide bonds. The molecule has 0 radical (unpaired) electrons. The van der Waals surface area contributed by atoms with E-state index in [2.05, 4.69) is 30.4 Å². The van der Waals surface area contributed by atoms with Crippen molar-refractivity contribution in [1.82, 2.24) is 25.5 Å². The average molecular weight is 366 g/mol. The van der Waals surface area contributed by atoms with Gasteiger partial charge >= 0.3 is 0 Å². The predicted molar refractivity (Wildman–Crippen MR) is 98.7 cm³/mol. The van der Waals surface area contributed by atoms with Crippen LogP contribution in [0.5, 0.6) is 0 Å². The summed E-state index contributed by atoms with van der Waals surface area (Å²) in [5.41, 5.74) is 1.72. The molecule has 1 aliphatic heterocycles. The van der Waals surface area contributed by atoms with Crippen LogP contribution in [0.15, 0.2) is 48.8 Å². The van der Waals surface area contributed by atoms with Crippen molar-refractivity contribution >= 4 is 11.9 Å². The highest BCUT2D eigenvalue weighted by molar-refractivity contribution is 5.93. The number of aromatic amines is 1. The average Bonchev–Trinajstić information content (AvgIpc) is 3.20. The maximum atomic E-state index is 13.0. The number of rotatable bonds is 4. The quantitative estimate of drug-likeness (QED) is 0.740. The number of benzene rings is 1. The maximum Gasteiger partial charge on any atom is 0.269 e. The number of nitrogens with zero attached hydrogens (tertiary/aromatic N) is 4. The summed E-state index contributed by atoms with van der Waals surface area (Å²) in [7, 11) is 0. The molecule has 0 bridgehead atoms. The Kier molecular flexibility index (Phi) is 4.78. The first-order chi connectivity index (χ1) is 13.2. The standard InChI is InChI=1S/C19H19FN6O/c20-14-6-4-13(5-7-14)16-11-17(25-24-16)18(27)23-15-3-1-10-26(12-15)19-21-8-2-9-22-19/h2,4-9,11,15H,1,3,10,12H2,(H,23,27)(H,24,25). The monoisotopic (exact) mass is 366 g/mol. The third-order valence-corrected chi connectivity index (χ3v) is 4.55. The largest absolute Gasteiger partial charge is 0.346 e. The van der Waals surface area contributed by atoms with Crippen LogP contribution in [-0.2, 0) is 0 Å². The summed E-state index contributed by atoms with van der Waals surface area (Å²) < 4.78 is 13.0. The number of hydrogen-bond donors (Lipinski definition) is 2. The highest BCUT2D eigenvalue weighted by atomic mass is 19.1. The van der Waals surface area contributed by atoms with Crippen LogP contribution in [0.4, 0.5) is 10.3 Å². The number of carbonyl (C=O) groups is 1. The lowest BCUT2D eigenvalue weighted by Gasteiger charge is -2.32. The van der Waals surface area contributed by atoms with Gasteiger partial charge in [0.1, 0.15) is 11.5 Å². The Morgan fingerprint density at radius 2 is 2.00 bits per heavy atom. The molecule has 3 aromatic rings. The van der Waals surface area contributed by atoms with Crippen LogP contribution in [0.3, 0.4) is 0 Å². The Morgan fingerprint density at radius 1 is 1.22 bits per heavy atom. The van der Waals surface area contributed by atoms with Crippen molar-refractivity contribution in [2.45, 2.75) is 18.9 Å². The summed E-state index contributed by atoms with van der Waals surface area (Å²) in [6, 6.07) is 9.45. The van der Waals surface area contributed by atoms with Gasteiger partial charge in [-0.2, -0.15) is 5.10 Å².